The third-order valence-corrected chi connectivity index (χ3v) is 7.80. The molecule has 0 amide bonds. The molecule has 0 aromatic heterocycles. The quantitative estimate of drug-likeness (QED) is 0.717. The Morgan fingerprint density at radius 2 is 1.06 bits per heavy atom. The van der Waals surface area contributed by atoms with Gasteiger partial charge < -0.3 is 0 Å². The van der Waals surface area contributed by atoms with Crippen molar-refractivity contribution in [1.82, 2.24) is 0 Å². The minimum atomic E-state index is -0.913. The normalized spacial score (nSPS) is 12.7. The van der Waals surface area contributed by atoms with Crippen LogP contribution in [0.3, 0.4) is 0 Å². The zero-order chi connectivity index (χ0) is 12.3. The van der Waals surface area contributed by atoms with Crippen LogP contribution in [0.1, 0.15) is 13.8 Å². The van der Waals surface area contributed by atoms with Crippen LogP contribution in [0.25, 0.3) is 0 Å². The van der Waals surface area contributed by atoms with Gasteiger partial charge in [-0.1, -0.05) is 50.2 Å². The molecule has 0 unspecified atom stereocenters. The van der Waals surface area contributed by atoms with Gasteiger partial charge in [-0.25, -0.2) is 0 Å². The molecule has 2 aromatic carbocycles. The van der Waals surface area contributed by atoms with Crippen LogP contribution in [-0.2, 0) is 0 Å². The van der Waals surface area contributed by atoms with Crippen molar-refractivity contribution in [3.05, 3.63) is 60.7 Å². The zero-order valence-corrected chi connectivity index (χ0v) is 11.6. The summed E-state index contributed by atoms with van der Waals surface area (Å²) in [6.45, 7) is 4.66. The van der Waals surface area contributed by atoms with Gasteiger partial charge in [-0.2, -0.15) is 10.0 Å². The summed E-state index contributed by atoms with van der Waals surface area (Å²) in [6, 6.07) is 21.8. The van der Waals surface area contributed by atoms with Gasteiger partial charge in [-0.15, -0.1) is 0 Å². The largest absolute Gasteiger partial charge is 0.188 e. The Morgan fingerprint density at radius 3 is 1.35 bits per heavy atom. The summed E-state index contributed by atoms with van der Waals surface area (Å²) in [7, 11) is -0.913. The Bertz CT molecular complexity index is 420. The molecule has 0 heterocycles. The van der Waals surface area contributed by atoms with Crippen molar-refractivity contribution >= 4 is 10.0 Å². The zero-order valence-electron chi connectivity index (χ0n) is 10.8. The highest BCUT2D eigenvalue weighted by molar-refractivity contribution is 8.33. The number of benzene rings is 2. The maximum absolute atomic E-state index is 2.42. The van der Waals surface area contributed by atoms with Crippen molar-refractivity contribution in [3.8, 4) is 0 Å². The SMILES string of the molecule is CC(C)S(C)(c1ccccc1)c1ccccc1. The van der Waals surface area contributed by atoms with E-state index in [4.69, 9.17) is 0 Å². The lowest BCUT2D eigenvalue weighted by Gasteiger charge is -2.41. The van der Waals surface area contributed by atoms with Crippen molar-refractivity contribution in [2.75, 3.05) is 6.26 Å². The molecule has 2 aromatic rings. The molecule has 90 valence electrons. The minimum absolute atomic E-state index is 0.646. The van der Waals surface area contributed by atoms with E-state index in [1.54, 1.807) is 0 Å². The number of hydrogen-bond acceptors (Lipinski definition) is 0. The van der Waals surface area contributed by atoms with E-state index in [-0.39, 0.29) is 0 Å². The highest BCUT2D eigenvalue weighted by Gasteiger charge is 2.26. The predicted octanol–water partition coefficient (Wildman–Crippen LogP) is 4.95. The van der Waals surface area contributed by atoms with Gasteiger partial charge in [-0.3, -0.25) is 0 Å². The average molecular weight is 244 g/mol. The van der Waals surface area contributed by atoms with Crippen LogP contribution >= 0.6 is 10.0 Å². The Labute approximate surface area is 106 Å². The summed E-state index contributed by atoms with van der Waals surface area (Å²) < 4.78 is 0. The molecule has 0 aliphatic heterocycles. The number of hydrogen-bond donors (Lipinski definition) is 0. The van der Waals surface area contributed by atoms with E-state index in [1.165, 1.54) is 9.79 Å². The molecule has 0 atom stereocenters. The van der Waals surface area contributed by atoms with Crippen LogP contribution in [0.2, 0.25) is 0 Å². The van der Waals surface area contributed by atoms with Crippen LogP contribution in [0.5, 0.6) is 0 Å². The van der Waals surface area contributed by atoms with E-state index in [0.29, 0.717) is 5.25 Å². The first-order valence-electron chi connectivity index (χ1n) is 6.03. The van der Waals surface area contributed by atoms with Gasteiger partial charge in [0.25, 0.3) is 0 Å². The van der Waals surface area contributed by atoms with Crippen LogP contribution in [0.15, 0.2) is 70.5 Å². The molecule has 0 bridgehead atoms. The van der Waals surface area contributed by atoms with E-state index >= 15 is 0 Å². The molecule has 0 aliphatic carbocycles. The van der Waals surface area contributed by atoms with Crippen LogP contribution in [0.4, 0.5) is 0 Å². The fourth-order valence-electron chi connectivity index (χ4n) is 2.09. The van der Waals surface area contributed by atoms with Gasteiger partial charge in [0.1, 0.15) is 0 Å². The van der Waals surface area contributed by atoms with Crippen LogP contribution in [-0.4, -0.2) is 11.5 Å². The predicted molar refractivity (Wildman–Crippen MR) is 78.1 cm³/mol. The molecule has 0 nitrogen and oxygen atoms in total. The third kappa shape index (κ3) is 2.25. The molecular formula is C16H20S. The molecule has 1 heteroatoms. The second-order valence-corrected chi connectivity index (χ2v) is 8.51. The standard InChI is InChI=1S/C16H20S/c1-14(2)17(3,15-10-6-4-7-11-15)16-12-8-5-9-13-16/h4-14H,1-3H3. The fourth-order valence-corrected chi connectivity index (χ4v) is 4.89. The van der Waals surface area contributed by atoms with Crippen molar-refractivity contribution in [3.63, 3.8) is 0 Å². The first-order chi connectivity index (χ1) is 8.15. The van der Waals surface area contributed by atoms with Crippen molar-refractivity contribution < 1.29 is 0 Å². The van der Waals surface area contributed by atoms with Gasteiger partial charge in [0.2, 0.25) is 0 Å². The summed E-state index contributed by atoms with van der Waals surface area (Å²) in [6.07, 6.45) is 2.42. The average Bonchev–Trinajstić information content (AvgIpc) is 2.39. The Balaban J connectivity index is 2.55. The smallest absolute Gasteiger partial charge is 0.00594 e. The molecule has 0 fully saturated rings. The maximum atomic E-state index is 2.42. The summed E-state index contributed by atoms with van der Waals surface area (Å²) in [5.74, 6) is 0. The molecule has 0 saturated carbocycles. The Kier molecular flexibility index (Phi) is 3.58. The minimum Gasteiger partial charge on any atom is -0.188 e. The maximum Gasteiger partial charge on any atom is -0.00594 e. The van der Waals surface area contributed by atoms with E-state index in [1.807, 2.05) is 0 Å². The molecule has 0 saturated heterocycles. The van der Waals surface area contributed by atoms with Crippen LogP contribution in [0, 0.1) is 0 Å². The van der Waals surface area contributed by atoms with Crippen molar-refractivity contribution in [1.29, 1.82) is 0 Å². The van der Waals surface area contributed by atoms with E-state index in [2.05, 4.69) is 80.8 Å². The van der Waals surface area contributed by atoms with Crippen molar-refractivity contribution in [2.24, 2.45) is 0 Å². The molecule has 2 rings (SSSR count). The molecular weight excluding hydrogens is 224 g/mol. The number of rotatable bonds is 3. The van der Waals surface area contributed by atoms with Gasteiger partial charge >= 0.3 is 0 Å². The highest BCUT2D eigenvalue weighted by atomic mass is 32.3. The summed E-state index contributed by atoms with van der Waals surface area (Å²) in [5.41, 5.74) is 0. The first-order valence-corrected chi connectivity index (χ1v) is 8.13. The Hall–Kier alpha value is -1.21. The van der Waals surface area contributed by atoms with E-state index < -0.39 is 10.0 Å². The monoisotopic (exact) mass is 244 g/mol. The van der Waals surface area contributed by atoms with Gasteiger partial charge in [0, 0.05) is 0 Å². The molecule has 0 spiro atoms. The summed E-state index contributed by atoms with van der Waals surface area (Å²) >= 11 is 0. The fraction of sp³-hybridized carbons (Fsp3) is 0.250. The van der Waals surface area contributed by atoms with Crippen molar-refractivity contribution in [2.45, 2.75) is 28.9 Å². The second-order valence-electron chi connectivity index (χ2n) is 4.66. The van der Waals surface area contributed by atoms with Gasteiger partial charge in [-0.05, 0) is 45.6 Å². The van der Waals surface area contributed by atoms with E-state index in [0.717, 1.165) is 0 Å². The van der Waals surface area contributed by atoms with Crippen LogP contribution < -0.4 is 0 Å². The lowest BCUT2D eigenvalue weighted by atomic mass is 10.4. The topological polar surface area (TPSA) is 0 Å². The molecule has 17 heavy (non-hydrogen) atoms. The van der Waals surface area contributed by atoms with Gasteiger partial charge in [0.15, 0.2) is 0 Å². The van der Waals surface area contributed by atoms with E-state index in [9.17, 15) is 0 Å². The first kappa shape index (κ1) is 12.3. The lowest BCUT2D eigenvalue weighted by Crippen LogP contribution is -2.11. The lowest BCUT2D eigenvalue weighted by molar-refractivity contribution is 1.07. The molecule has 0 N–H and O–H groups in total. The molecule has 0 radical (unpaired) electrons. The molecule has 0 aliphatic rings. The second kappa shape index (κ2) is 4.97. The Morgan fingerprint density at radius 1 is 0.706 bits per heavy atom. The highest BCUT2D eigenvalue weighted by Crippen LogP contribution is 2.62. The summed E-state index contributed by atoms with van der Waals surface area (Å²) in [4.78, 5) is 2.95. The third-order valence-electron chi connectivity index (χ3n) is 3.41. The van der Waals surface area contributed by atoms with Gasteiger partial charge in [0.05, 0.1) is 0 Å². The summed E-state index contributed by atoms with van der Waals surface area (Å²) in [5, 5.41) is 0.646.